The van der Waals surface area contributed by atoms with Gasteiger partial charge in [-0.2, -0.15) is 0 Å². The van der Waals surface area contributed by atoms with Crippen LogP contribution in [0.15, 0.2) is 59.6 Å². The first-order valence-corrected chi connectivity index (χ1v) is 9.37. The molecule has 28 heavy (non-hydrogen) atoms. The van der Waals surface area contributed by atoms with Crippen molar-refractivity contribution in [2.75, 3.05) is 7.11 Å². The molecule has 4 rings (SSSR count). The molecule has 0 spiro atoms. The van der Waals surface area contributed by atoms with Gasteiger partial charge < -0.3 is 9.30 Å². The number of hydrogen-bond donors (Lipinski definition) is 1. The number of carbonyl (C=O) groups is 3. The third-order valence-electron chi connectivity index (χ3n) is 4.45. The van der Waals surface area contributed by atoms with E-state index in [4.69, 9.17) is 4.74 Å². The quantitative estimate of drug-likeness (QED) is 0.540. The SMILES string of the molecule is COC(=O)c1cccc(Cn2cc(C=C3SC(=O)NC3=O)c3ccccc32)c1. The van der Waals surface area contributed by atoms with Crippen molar-refractivity contribution < 1.29 is 19.1 Å². The lowest BCUT2D eigenvalue weighted by atomic mass is 10.1. The van der Waals surface area contributed by atoms with E-state index in [-0.39, 0.29) is 17.1 Å². The number of aromatic nitrogens is 1. The summed E-state index contributed by atoms with van der Waals surface area (Å²) in [5.41, 5.74) is 3.29. The number of carbonyl (C=O) groups excluding carboxylic acids is 3. The van der Waals surface area contributed by atoms with Gasteiger partial charge in [-0.15, -0.1) is 0 Å². The summed E-state index contributed by atoms with van der Waals surface area (Å²) in [6.07, 6.45) is 3.67. The summed E-state index contributed by atoms with van der Waals surface area (Å²) >= 11 is 0.899. The molecule has 1 aliphatic heterocycles. The number of ether oxygens (including phenoxy) is 1. The van der Waals surface area contributed by atoms with Crippen molar-refractivity contribution in [3.05, 3.63) is 76.3 Å². The second-order valence-corrected chi connectivity index (χ2v) is 7.29. The number of nitrogens with one attached hydrogen (secondary N) is 1. The minimum absolute atomic E-state index is 0.361. The molecule has 2 amide bonds. The van der Waals surface area contributed by atoms with Gasteiger partial charge in [-0.3, -0.25) is 14.9 Å². The Morgan fingerprint density at radius 2 is 2.00 bits per heavy atom. The molecule has 3 aromatic rings. The predicted molar refractivity (Wildman–Crippen MR) is 108 cm³/mol. The minimum atomic E-state index is -0.377. The van der Waals surface area contributed by atoms with Crippen molar-refractivity contribution in [3.8, 4) is 0 Å². The number of benzene rings is 2. The molecule has 0 radical (unpaired) electrons. The number of imide groups is 1. The summed E-state index contributed by atoms with van der Waals surface area (Å²) in [6.45, 7) is 0.548. The first kappa shape index (κ1) is 18.1. The summed E-state index contributed by atoms with van der Waals surface area (Å²) in [7, 11) is 1.36. The fourth-order valence-electron chi connectivity index (χ4n) is 3.19. The number of hydrogen-bond acceptors (Lipinski definition) is 5. The summed E-state index contributed by atoms with van der Waals surface area (Å²) in [5, 5.41) is 2.89. The minimum Gasteiger partial charge on any atom is -0.465 e. The van der Waals surface area contributed by atoms with Gasteiger partial charge in [0.2, 0.25) is 0 Å². The number of amides is 2. The fraction of sp³-hybridized carbons (Fsp3) is 0.0952. The van der Waals surface area contributed by atoms with Gasteiger partial charge in [0.1, 0.15) is 0 Å². The molecule has 1 aliphatic rings. The number of rotatable bonds is 4. The van der Waals surface area contributed by atoms with Gasteiger partial charge in [0.15, 0.2) is 0 Å². The van der Waals surface area contributed by atoms with E-state index < -0.39 is 0 Å². The Morgan fingerprint density at radius 1 is 1.18 bits per heavy atom. The zero-order chi connectivity index (χ0) is 19.7. The first-order valence-electron chi connectivity index (χ1n) is 8.55. The van der Waals surface area contributed by atoms with E-state index in [2.05, 4.69) is 9.88 Å². The molecule has 6 nitrogen and oxygen atoms in total. The number of para-hydroxylation sites is 1. The Morgan fingerprint density at radius 3 is 2.75 bits per heavy atom. The van der Waals surface area contributed by atoms with Crippen LogP contribution in [0.1, 0.15) is 21.5 Å². The first-order chi connectivity index (χ1) is 13.5. The predicted octanol–water partition coefficient (Wildman–Crippen LogP) is 3.80. The molecule has 1 N–H and O–H groups in total. The maximum atomic E-state index is 11.9. The highest BCUT2D eigenvalue weighted by atomic mass is 32.2. The lowest BCUT2D eigenvalue weighted by Gasteiger charge is -2.07. The summed E-state index contributed by atoms with van der Waals surface area (Å²) in [5.74, 6) is -0.754. The molecule has 140 valence electrons. The van der Waals surface area contributed by atoms with Crippen molar-refractivity contribution >= 4 is 45.9 Å². The highest BCUT2D eigenvalue weighted by Crippen LogP contribution is 2.30. The van der Waals surface area contributed by atoms with Crippen molar-refractivity contribution in [1.82, 2.24) is 9.88 Å². The van der Waals surface area contributed by atoms with Crippen LogP contribution in [0.5, 0.6) is 0 Å². The molecule has 1 fully saturated rings. The Labute approximate surface area is 165 Å². The van der Waals surface area contributed by atoms with Crippen molar-refractivity contribution in [1.29, 1.82) is 0 Å². The van der Waals surface area contributed by atoms with Crippen LogP contribution in [0.3, 0.4) is 0 Å². The number of fused-ring (bicyclic) bond motifs is 1. The topological polar surface area (TPSA) is 77.4 Å². The van der Waals surface area contributed by atoms with Crippen LogP contribution >= 0.6 is 11.8 Å². The summed E-state index contributed by atoms with van der Waals surface area (Å²) in [4.78, 5) is 35.5. The van der Waals surface area contributed by atoms with Gasteiger partial charge >= 0.3 is 5.97 Å². The van der Waals surface area contributed by atoms with E-state index in [0.717, 1.165) is 33.8 Å². The molecule has 0 atom stereocenters. The average Bonchev–Trinajstić information content (AvgIpc) is 3.21. The van der Waals surface area contributed by atoms with Crippen LogP contribution in [-0.2, 0) is 16.1 Å². The molecular formula is C21H16N2O4S. The molecule has 1 saturated heterocycles. The third-order valence-corrected chi connectivity index (χ3v) is 5.26. The summed E-state index contributed by atoms with van der Waals surface area (Å²) in [6, 6.07) is 15.1. The highest BCUT2D eigenvalue weighted by molar-refractivity contribution is 8.18. The van der Waals surface area contributed by atoms with Crippen LogP contribution in [0.4, 0.5) is 4.79 Å². The molecule has 0 saturated carbocycles. The Kier molecular flexibility index (Phi) is 4.75. The van der Waals surface area contributed by atoms with Gasteiger partial charge in [-0.1, -0.05) is 30.3 Å². The number of thioether (sulfide) groups is 1. The Balaban J connectivity index is 1.73. The van der Waals surface area contributed by atoms with Crippen molar-refractivity contribution in [2.45, 2.75) is 6.54 Å². The third kappa shape index (κ3) is 3.44. The van der Waals surface area contributed by atoms with Gasteiger partial charge in [0.05, 0.1) is 17.6 Å². The zero-order valence-electron chi connectivity index (χ0n) is 15.0. The second kappa shape index (κ2) is 7.36. The highest BCUT2D eigenvalue weighted by Gasteiger charge is 2.25. The zero-order valence-corrected chi connectivity index (χ0v) is 15.8. The Hall–Kier alpha value is -3.32. The number of esters is 1. The van der Waals surface area contributed by atoms with Crippen LogP contribution < -0.4 is 5.32 Å². The molecule has 0 bridgehead atoms. The average molecular weight is 392 g/mol. The maximum absolute atomic E-state index is 11.9. The molecule has 0 unspecified atom stereocenters. The van der Waals surface area contributed by atoms with Crippen LogP contribution in [0.25, 0.3) is 17.0 Å². The lowest BCUT2D eigenvalue weighted by molar-refractivity contribution is -0.115. The number of nitrogens with zero attached hydrogens (tertiary/aromatic N) is 1. The molecule has 7 heteroatoms. The molecule has 1 aromatic heterocycles. The Bertz CT molecular complexity index is 1150. The van der Waals surface area contributed by atoms with Gasteiger partial charge in [0.25, 0.3) is 11.1 Å². The van der Waals surface area contributed by atoms with E-state index in [9.17, 15) is 14.4 Å². The van der Waals surface area contributed by atoms with E-state index in [1.54, 1.807) is 18.2 Å². The molecule has 2 heterocycles. The number of methoxy groups -OCH3 is 1. The van der Waals surface area contributed by atoms with Crippen molar-refractivity contribution in [2.24, 2.45) is 0 Å². The van der Waals surface area contributed by atoms with E-state index >= 15 is 0 Å². The second-order valence-electron chi connectivity index (χ2n) is 6.27. The van der Waals surface area contributed by atoms with Gasteiger partial charge in [-0.05, 0) is 41.6 Å². The molecule has 2 aromatic carbocycles. The van der Waals surface area contributed by atoms with Crippen LogP contribution in [-0.4, -0.2) is 28.8 Å². The van der Waals surface area contributed by atoms with Crippen LogP contribution in [0, 0.1) is 0 Å². The van der Waals surface area contributed by atoms with Gasteiger partial charge in [0, 0.05) is 29.2 Å². The lowest BCUT2D eigenvalue weighted by Crippen LogP contribution is -2.17. The van der Waals surface area contributed by atoms with E-state index in [0.29, 0.717) is 17.0 Å². The smallest absolute Gasteiger partial charge is 0.337 e. The molecule has 0 aliphatic carbocycles. The largest absolute Gasteiger partial charge is 0.465 e. The van der Waals surface area contributed by atoms with Gasteiger partial charge in [-0.25, -0.2) is 4.79 Å². The molecular weight excluding hydrogens is 376 g/mol. The van der Waals surface area contributed by atoms with E-state index in [1.165, 1.54) is 7.11 Å². The monoisotopic (exact) mass is 392 g/mol. The standard InChI is InChI=1S/C21H16N2O4S/c1-27-20(25)14-6-4-5-13(9-14)11-23-12-15(16-7-2-3-8-17(16)23)10-18-19(24)22-21(26)28-18/h2-10,12H,11H2,1H3,(H,22,24,26). The van der Waals surface area contributed by atoms with Crippen LogP contribution in [0.2, 0.25) is 0 Å². The normalized spacial score (nSPS) is 15.2. The van der Waals surface area contributed by atoms with E-state index in [1.807, 2.05) is 42.6 Å². The van der Waals surface area contributed by atoms with Crippen molar-refractivity contribution in [3.63, 3.8) is 0 Å². The summed E-state index contributed by atoms with van der Waals surface area (Å²) < 4.78 is 6.84. The fourth-order valence-corrected chi connectivity index (χ4v) is 3.87. The maximum Gasteiger partial charge on any atom is 0.337 e.